The monoisotopic (exact) mass is 408 g/mol. The second kappa shape index (κ2) is 7.25. The fraction of sp³-hybridized carbons (Fsp3) is 0.389. The summed E-state index contributed by atoms with van der Waals surface area (Å²) in [5.41, 5.74) is 1.69. The molecule has 1 aromatic heterocycles. The zero-order chi connectivity index (χ0) is 18.3. The first-order valence-electron chi connectivity index (χ1n) is 8.46. The average Bonchev–Trinajstić information content (AvgIpc) is 3.01. The summed E-state index contributed by atoms with van der Waals surface area (Å²) >= 11 is 14.4. The summed E-state index contributed by atoms with van der Waals surface area (Å²) in [6, 6.07) is 7.26. The van der Waals surface area contributed by atoms with Gasteiger partial charge in [-0.25, -0.2) is 9.67 Å². The lowest BCUT2D eigenvalue weighted by Gasteiger charge is -2.36. The predicted molar refractivity (Wildman–Crippen MR) is 107 cm³/mol. The number of carbonyl (C=O) groups is 1. The first-order valence-corrected chi connectivity index (χ1v) is 10.4. The Morgan fingerprint density at radius 3 is 2.77 bits per heavy atom. The number of hydrogen-bond acceptors (Lipinski definition) is 4. The molecule has 0 saturated carbocycles. The highest BCUT2D eigenvalue weighted by molar-refractivity contribution is 7.99. The molecular weight excluding hydrogens is 391 g/mol. The first kappa shape index (κ1) is 17.9. The Balaban J connectivity index is 1.81. The molecule has 0 aliphatic carbocycles. The van der Waals surface area contributed by atoms with Crippen LogP contribution < -0.4 is 0 Å². The van der Waals surface area contributed by atoms with Crippen molar-refractivity contribution in [2.24, 2.45) is 10.9 Å². The molecule has 4 rings (SSSR count). The van der Waals surface area contributed by atoms with Crippen LogP contribution in [0, 0.1) is 5.92 Å². The van der Waals surface area contributed by atoms with E-state index in [4.69, 9.17) is 23.2 Å². The number of fused-ring (bicyclic) bond motifs is 1. The van der Waals surface area contributed by atoms with Gasteiger partial charge in [0.1, 0.15) is 10.9 Å². The highest BCUT2D eigenvalue weighted by atomic mass is 35.5. The molecule has 1 saturated heterocycles. The molecular formula is C18H18Cl2N4OS. The van der Waals surface area contributed by atoms with Crippen LogP contribution in [-0.2, 0) is 4.79 Å². The summed E-state index contributed by atoms with van der Waals surface area (Å²) < 4.78 is 1.75. The molecule has 5 nitrogen and oxygen atoms in total. The molecule has 0 N–H and O–H groups in total. The van der Waals surface area contributed by atoms with Crippen LogP contribution in [0.5, 0.6) is 0 Å². The second-order valence-electron chi connectivity index (χ2n) is 6.43. The van der Waals surface area contributed by atoms with Crippen molar-refractivity contribution in [1.82, 2.24) is 14.7 Å². The van der Waals surface area contributed by atoms with Gasteiger partial charge in [-0.1, -0.05) is 35.3 Å². The van der Waals surface area contributed by atoms with Crippen molar-refractivity contribution in [2.45, 2.75) is 13.0 Å². The molecule has 2 unspecified atom stereocenters. The summed E-state index contributed by atoms with van der Waals surface area (Å²) in [7, 11) is 0. The van der Waals surface area contributed by atoms with E-state index in [9.17, 15) is 4.79 Å². The van der Waals surface area contributed by atoms with Crippen LogP contribution in [-0.4, -0.2) is 50.9 Å². The van der Waals surface area contributed by atoms with E-state index in [1.807, 2.05) is 47.9 Å². The molecule has 26 heavy (non-hydrogen) atoms. The molecule has 1 amide bonds. The van der Waals surface area contributed by atoms with E-state index in [1.54, 1.807) is 10.9 Å². The topological polar surface area (TPSA) is 50.5 Å². The van der Waals surface area contributed by atoms with Gasteiger partial charge in [0.15, 0.2) is 5.82 Å². The Morgan fingerprint density at radius 1 is 1.27 bits per heavy atom. The maximum absolute atomic E-state index is 13.4. The van der Waals surface area contributed by atoms with Gasteiger partial charge in [-0.2, -0.15) is 16.9 Å². The number of aliphatic imine (C=N–C) groups is 1. The number of amides is 1. The Morgan fingerprint density at radius 2 is 2.04 bits per heavy atom. The second-order valence-corrected chi connectivity index (χ2v) is 8.50. The fourth-order valence-electron chi connectivity index (χ4n) is 3.57. The van der Waals surface area contributed by atoms with Crippen molar-refractivity contribution >= 4 is 52.4 Å². The number of hydrogen-bond donors (Lipinski definition) is 0. The van der Waals surface area contributed by atoms with E-state index < -0.39 is 5.92 Å². The Hall–Kier alpha value is -1.50. The maximum Gasteiger partial charge on any atom is 0.233 e. The van der Waals surface area contributed by atoms with Crippen LogP contribution in [0.4, 0.5) is 5.82 Å². The van der Waals surface area contributed by atoms with Crippen molar-refractivity contribution in [2.75, 3.05) is 24.6 Å². The third kappa shape index (κ3) is 3.15. The first-order chi connectivity index (χ1) is 12.6. The zero-order valence-corrected chi connectivity index (χ0v) is 16.6. The van der Waals surface area contributed by atoms with Crippen molar-refractivity contribution < 1.29 is 4.79 Å². The third-order valence-electron chi connectivity index (χ3n) is 4.82. The van der Waals surface area contributed by atoms with Gasteiger partial charge in [0, 0.05) is 35.3 Å². The number of halogens is 2. The molecule has 136 valence electrons. The van der Waals surface area contributed by atoms with Gasteiger partial charge >= 0.3 is 0 Å². The largest absolute Gasteiger partial charge is 0.340 e. The number of thioether (sulfide) groups is 1. The minimum atomic E-state index is -0.417. The molecule has 2 aliphatic rings. The number of rotatable bonds is 2. The zero-order valence-electron chi connectivity index (χ0n) is 14.2. The van der Waals surface area contributed by atoms with Crippen molar-refractivity contribution in [3.63, 3.8) is 0 Å². The molecule has 1 aromatic carbocycles. The SMILES string of the molecule is CC1=Nc2c(Cl)cnn2C(c2cccc(Cl)c2)C1C(=O)N1CCSCC1. The molecule has 8 heteroatoms. The van der Waals surface area contributed by atoms with Gasteiger partial charge in [-0.05, 0) is 24.6 Å². The van der Waals surface area contributed by atoms with E-state index in [0.717, 1.165) is 35.9 Å². The highest BCUT2D eigenvalue weighted by Gasteiger charge is 2.41. The van der Waals surface area contributed by atoms with E-state index in [2.05, 4.69) is 10.1 Å². The van der Waals surface area contributed by atoms with Crippen LogP contribution in [0.25, 0.3) is 0 Å². The van der Waals surface area contributed by atoms with Gasteiger partial charge in [0.25, 0.3) is 0 Å². The predicted octanol–water partition coefficient (Wildman–Crippen LogP) is 4.08. The quantitative estimate of drug-likeness (QED) is 0.751. The van der Waals surface area contributed by atoms with E-state index in [0.29, 0.717) is 15.9 Å². The van der Waals surface area contributed by atoms with Gasteiger partial charge in [-0.3, -0.25) is 4.79 Å². The van der Waals surface area contributed by atoms with E-state index >= 15 is 0 Å². The molecule has 0 radical (unpaired) electrons. The van der Waals surface area contributed by atoms with Gasteiger partial charge < -0.3 is 4.90 Å². The Bertz CT molecular complexity index is 876. The van der Waals surface area contributed by atoms with Crippen molar-refractivity contribution in [3.8, 4) is 0 Å². The Kier molecular flexibility index (Phi) is 4.99. The number of nitrogens with zero attached hydrogens (tertiary/aromatic N) is 4. The smallest absolute Gasteiger partial charge is 0.233 e. The van der Waals surface area contributed by atoms with Gasteiger partial charge in [-0.15, -0.1) is 0 Å². The minimum Gasteiger partial charge on any atom is -0.340 e. The van der Waals surface area contributed by atoms with E-state index in [1.165, 1.54) is 0 Å². The van der Waals surface area contributed by atoms with Crippen LogP contribution in [0.15, 0.2) is 35.5 Å². The lowest BCUT2D eigenvalue weighted by atomic mass is 9.87. The summed E-state index contributed by atoms with van der Waals surface area (Å²) in [6.07, 6.45) is 1.58. The van der Waals surface area contributed by atoms with Crippen LogP contribution in [0.2, 0.25) is 10.0 Å². The summed E-state index contributed by atoms with van der Waals surface area (Å²) in [5, 5.41) is 5.53. The molecule has 2 atom stereocenters. The lowest BCUT2D eigenvalue weighted by Crippen LogP contribution is -2.47. The molecule has 2 aliphatic heterocycles. The van der Waals surface area contributed by atoms with Crippen molar-refractivity contribution in [1.29, 1.82) is 0 Å². The van der Waals surface area contributed by atoms with Gasteiger partial charge in [0.05, 0.1) is 12.2 Å². The van der Waals surface area contributed by atoms with E-state index in [-0.39, 0.29) is 11.9 Å². The van der Waals surface area contributed by atoms with Gasteiger partial charge in [0.2, 0.25) is 5.91 Å². The Labute approximate surface area is 166 Å². The van der Waals surface area contributed by atoms with Crippen LogP contribution in [0.1, 0.15) is 18.5 Å². The molecule has 0 bridgehead atoms. The standard InChI is InChI=1S/C18H18Cl2N4OS/c1-11-15(18(25)23-5-7-26-8-6-23)16(12-3-2-4-13(19)9-12)24-17(22-11)14(20)10-21-24/h2-4,9-10,15-16H,5-8H2,1H3. The normalized spacial score (nSPS) is 22.7. The number of carbonyl (C=O) groups excluding carboxylic acids is 1. The average molecular weight is 409 g/mol. The van der Waals surface area contributed by atoms with Crippen LogP contribution in [0.3, 0.4) is 0 Å². The molecule has 3 heterocycles. The van der Waals surface area contributed by atoms with Crippen LogP contribution >= 0.6 is 35.0 Å². The number of aromatic nitrogens is 2. The molecule has 2 aromatic rings. The van der Waals surface area contributed by atoms with Crippen molar-refractivity contribution in [3.05, 3.63) is 46.1 Å². The highest BCUT2D eigenvalue weighted by Crippen LogP contribution is 2.40. The number of benzene rings is 1. The summed E-state index contributed by atoms with van der Waals surface area (Å²) in [6.45, 7) is 3.43. The fourth-order valence-corrected chi connectivity index (χ4v) is 4.84. The minimum absolute atomic E-state index is 0.0915. The maximum atomic E-state index is 13.4. The summed E-state index contributed by atoms with van der Waals surface area (Å²) in [4.78, 5) is 19.9. The third-order valence-corrected chi connectivity index (χ3v) is 6.26. The lowest BCUT2D eigenvalue weighted by molar-refractivity contribution is -0.134. The summed E-state index contributed by atoms with van der Waals surface area (Å²) in [5.74, 6) is 2.20. The molecule has 0 spiro atoms. The molecule has 1 fully saturated rings.